The number of hydrogen-bond donors (Lipinski definition) is 0. The van der Waals surface area contributed by atoms with Gasteiger partial charge in [0.2, 0.25) is 0 Å². The van der Waals surface area contributed by atoms with Gasteiger partial charge in [0, 0.05) is 0 Å². The van der Waals surface area contributed by atoms with Crippen molar-refractivity contribution in [3.8, 4) is 11.8 Å². The molecule has 0 radical (unpaired) electrons. The highest BCUT2D eigenvalue weighted by Crippen LogP contribution is 2.16. The summed E-state index contributed by atoms with van der Waals surface area (Å²) in [5, 5.41) is 8.32. The predicted octanol–water partition coefficient (Wildman–Crippen LogP) is 1.77. The van der Waals surface area contributed by atoms with Gasteiger partial charge in [0.25, 0.3) is 0 Å². The zero-order chi connectivity index (χ0) is 12.0. The van der Waals surface area contributed by atoms with Crippen molar-refractivity contribution in [2.24, 2.45) is 0 Å². The third-order valence-corrected chi connectivity index (χ3v) is 3.80. The van der Waals surface area contributed by atoms with E-state index in [1.54, 1.807) is 19.1 Å². The highest BCUT2D eigenvalue weighted by Gasteiger charge is 2.10. The van der Waals surface area contributed by atoms with Crippen molar-refractivity contribution in [1.29, 1.82) is 5.26 Å². The standard InChI is InChI=1S/C11H13NO3S/c1-2-16(13,14)11-6-4-10(5-7-11)15-9-3-8-12/h4-7H,2-3,9H2,1H3. The first-order valence-electron chi connectivity index (χ1n) is 4.92. The van der Waals surface area contributed by atoms with Crippen LogP contribution in [0.25, 0.3) is 0 Å². The van der Waals surface area contributed by atoms with E-state index in [2.05, 4.69) is 0 Å². The quantitative estimate of drug-likeness (QED) is 0.734. The van der Waals surface area contributed by atoms with E-state index in [-0.39, 0.29) is 5.75 Å². The van der Waals surface area contributed by atoms with Crippen LogP contribution in [0.2, 0.25) is 0 Å². The van der Waals surface area contributed by atoms with Crippen LogP contribution in [0.15, 0.2) is 29.2 Å². The van der Waals surface area contributed by atoms with Gasteiger partial charge in [-0.2, -0.15) is 5.26 Å². The molecule has 0 spiro atoms. The maximum absolute atomic E-state index is 11.5. The summed E-state index contributed by atoms with van der Waals surface area (Å²) in [6.45, 7) is 1.92. The van der Waals surface area contributed by atoms with Crippen LogP contribution >= 0.6 is 0 Å². The fraction of sp³-hybridized carbons (Fsp3) is 0.364. The second-order valence-electron chi connectivity index (χ2n) is 3.13. The van der Waals surface area contributed by atoms with Crippen LogP contribution in [-0.2, 0) is 9.84 Å². The van der Waals surface area contributed by atoms with Gasteiger partial charge < -0.3 is 4.74 Å². The molecule has 0 aliphatic rings. The molecule has 0 heterocycles. The Labute approximate surface area is 95.4 Å². The molecule has 4 nitrogen and oxygen atoms in total. The first kappa shape index (κ1) is 12.5. The molecule has 1 rings (SSSR count). The Morgan fingerprint density at radius 2 is 1.94 bits per heavy atom. The number of hydrogen-bond acceptors (Lipinski definition) is 4. The van der Waals surface area contributed by atoms with Gasteiger partial charge in [0.1, 0.15) is 12.4 Å². The summed E-state index contributed by atoms with van der Waals surface area (Å²) in [6, 6.07) is 8.18. The molecule has 86 valence electrons. The predicted molar refractivity (Wildman–Crippen MR) is 59.9 cm³/mol. The number of nitrogens with zero attached hydrogens (tertiary/aromatic N) is 1. The van der Waals surface area contributed by atoms with Gasteiger partial charge in [0.05, 0.1) is 23.1 Å². The van der Waals surface area contributed by atoms with Gasteiger partial charge in [-0.15, -0.1) is 0 Å². The van der Waals surface area contributed by atoms with Crippen LogP contribution in [0.1, 0.15) is 13.3 Å². The number of sulfone groups is 1. The van der Waals surface area contributed by atoms with E-state index >= 15 is 0 Å². The molecule has 0 saturated heterocycles. The molecule has 0 aliphatic heterocycles. The number of rotatable bonds is 5. The Hall–Kier alpha value is -1.54. The Balaban J connectivity index is 2.73. The van der Waals surface area contributed by atoms with Gasteiger partial charge in [-0.3, -0.25) is 0 Å². The smallest absolute Gasteiger partial charge is 0.178 e. The normalized spacial score (nSPS) is 10.8. The zero-order valence-electron chi connectivity index (χ0n) is 9.01. The number of nitriles is 1. The van der Waals surface area contributed by atoms with Crippen molar-refractivity contribution in [2.45, 2.75) is 18.2 Å². The number of ether oxygens (including phenoxy) is 1. The van der Waals surface area contributed by atoms with Gasteiger partial charge in [-0.05, 0) is 24.3 Å². The highest BCUT2D eigenvalue weighted by molar-refractivity contribution is 7.91. The Morgan fingerprint density at radius 1 is 1.31 bits per heavy atom. The minimum absolute atomic E-state index is 0.0850. The lowest BCUT2D eigenvalue weighted by Crippen LogP contribution is -2.03. The van der Waals surface area contributed by atoms with Gasteiger partial charge in [0.15, 0.2) is 9.84 Å². The molecular formula is C11H13NO3S. The lowest BCUT2D eigenvalue weighted by atomic mass is 10.3. The molecule has 16 heavy (non-hydrogen) atoms. The minimum Gasteiger partial charge on any atom is -0.493 e. The summed E-state index contributed by atoms with van der Waals surface area (Å²) in [5.41, 5.74) is 0. The average molecular weight is 239 g/mol. The molecule has 0 unspecified atom stereocenters. The van der Waals surface area contributed by atoms with Gasteiger partial charge in [-0.25, -0.2) is 8.42 Å². The van der Waals surface area contributed by atoms with Crippen molar-refractivity contribution in [3.63, 3.8) is 0 Å². The summed E-state index contributed by atoms with van der Waals surface area (Å²) in [7, 11) is -3.15. The van der Waals surface area contributed by atoms with Crippen LogP contribution in [-0.4, -0.2) is 20.8 Å². The molecule has 0 amide bonds. The highest BCUT2D eigenvalue weighted by atomic mass is 32.2. The molecule has 0 saturated carbocycles. The third-order valence-electron chi connectivity index (χ3n) is 2.05. The van der Waals surface area contributed by atoms with Crippen molar-refractivity contribution in [1.82, 2.24) is 0 Å². The fourth-order valence-electron chi connectivity index (χ4n) is 1.12. The largest absolute Gasteiger partial charge is 0.493 e. The van der Waals surface area contributed by atoms with Gasteiger partial charge in [-0.1, -0.05) is 6.92 Å². The van der Waals surface area contributed by atoms with E-state index in [1.165, 1.54) is 12.1 Å². The monoisotopic (exact) mass is 239 g/mol. The first-order valence-corrected chi connectivity index (χ1v) is 6.58. The SMILES string of the molecule is CCS(=O)(=O)c1ccc(OCCC#N)cc1. The van der Waals surface area contributed by atoms with Crippen LogP contribution in [0.5, 0.6) is 5.75 Å². The fourth-order valence-corrected chi connectivity index (χ4v) is 2.01. The van der Waals surface area contributed by atoms with E-state index in [9.17, 15) is 8.42 Å². The minimum atomic E-state index is -3.15. The van der Waals surface area contributed by atoms with Crippen molar-refractivity contribution in [2.75, 3.05) is 12.4 Å². The molecule has 1 aromatic carbocycles. The van der Waals surface area contributed by atoms with E-state index in [4.69, 9.17) is 10.00 Å². The molecule has 0 N–H and O–H groups in total. The summed E-state index contributed by atoms with van der Waals surface area (Å²) < 4.78 is 28.2. The van der Waals surface area contributed by atoms with Crippen LogP contribution in [0.3, 0.4) is 0 Å². The summed E-state index contributed by atoms with van der Waals surface area (Å²) in [4.78, 5) is 0.294. The Kier molecular flexibility index (Phi) is 4.32. The van der Waals surface area contributed by atoms with Crippen LogP contribution in [0, 0.1) is 11.3 Å². The van der Waals surface area contributed by atoms with Crippen LogP contribution < -0.4 is 4.74 Å². The zero-order valence-corrected chi connectivity index (χ0v) is 9.83. The molecule has 0 atom stereocenters. The lowest BCUT2D eigenvalue weighted by molar-refractivity contribution is 0.326. The van der Waals surface area contributed by atoms with E-state index in [0.29, 0.717) is 23.7 Å². The third kappa shape index (κ3) is 3.24. The second-order valence-corrected chi connectivity index (χ2v) is 5.41. The topological polar surface area (TPSA) is 67.2 Å². The summed E-state index contributed by atoms with van der Waals surface area (Å²) in [6.07, 6.45) is 0.314. The summed E-state index contributed by atoms with van der Waals surface area (Å²) >= 11 is 0. The Bertz CT molecular complexity index is 471. The second kappa shape index (κ2) is 5.52. The molecule has 5 heteroatoms. The van der Waals surface area contributed by atoms with E-state index < -0.39 is 9.84 Å². The van der Waals surface area contributed by atoms with E-state index in [0.717, 1.165) is 0 Å². The van der Waals surface area contributed by atoms with Crippen molar-refractivity contribution < 1.29 is 13.2 Å². The molecule has 0 aromatic heterocycles. The first-order chi connectivity index (χ1) is 7.60. The Morgan fingerprint density at radius 3 is 2.44 bits per heavy atom. The molecular weight excluding hydrogens is 226 g/mol. The number of benzene rings is 1. The molecule has 0 bridgehead atoms. The maximum atomic E-state index is 11.5. The molecule has 1 aromatic rings. The lowest BCUT2D eigenvalue weighted by Gasteiger charge is -2.05. The van der Waals surface area contributed by atoms with Crippen molar-refractivity contribution >= 4 is 9.84 Å². The average Bonchev–Trinajstić information content (AvgIpc) is 2.30. The summed E-state index contributed by atoms with van der Waals surface area (Å²) in [5.74, 6) is 0.659. The van der Waals surface area contributed by atoms with Crippen LogP contribution in [0.4, 0.5) is 0 Å². The van der Waals surface area contributed by atoms with E-state index in [1.807, 2.05) is 6.07 Å². The maximum Gasteiger partial charge on any atom is 0.178 e. The molecule has 0 aliphatic carbocycles. The molecule has 0 fully saturated rings. The van der Waals surface area contributed by atoms with Gasteiger partial charge >= 0.3 is 0 Å². The van der Waals surface area contributed by atoms with Crippen molar-refractivity contribution in [3.05, 3.63) is 24.3 Å².